The maximum atomic E-state index is 6.39. The Hall–Kier alpha value is -0.120. The standard InChI is InChI=1S/C17H35N3/c1-5-15-13-19(4)11-8-12-20(15)17(14-18)10-7-6-9-16(17,2)3/h15H,5-14,18H2,1-4H3. The molecule has 2 N–H and O–H groups in total. The van der Waals surface area contributed by atoms with E-state index in [2.05, 4.69) is 37.6 Å². The molecule has 1 saturated carbocycles. The van der Waals surface area contributed by atoms with Gasteiger partial charge in [0.05, 0.1) is 0 Å². The van der Waals surface area contributed by atoms with Crippen molar-refractivity contribution in [2.24, 2.45) is 11.1 Å². The van der Waals surface area contributed by atoms with E-state index < -0.39 is 0 Å². The largest absolute Gasteiger partial charge is 0.329 e. The SMILES string of the molecule is CCC1CN(C)CCCN1C1(CN)CCCCC1(C)C. The Labute approximate surface area is 125 Å². The van der Waals surface area contributed by atoms with Gasteiger partial charge in [0.25, 0.3) is 0 Å². The molecule has 1 saturated heterocycles. The molecule has 2 rings (SSSR count). The maximum Gasteiger partial charge on any atom is 0.0386 e. The van der Waals surface area contributed by atoms with Crippen LogP contribution in [-0.4, -0.2) is 54.6 Å². The van der Waals surface area contributed by atoms with E-state index in [1.54, 1.807) is 0 Å². The van der Waals surface area contributed by atoms with Crippen LogP contribution in [0.1, 0.15) is 59.3 Å². The zero-order valence-corrected chi connectivity index (χ0v) is 14.1. The molecule has 2 fully saturated rings. The predicted octanol–water partition coefficient (Wildman–Crippen LogP) is 2.70. The molecule has 3 heteroatoms. The molecule has 1 heterocycles. The van der Waals surface area contributed by atoms with Crippen molar-refractivity contribution in [2.75, 3.05) is 33.2 Å². The van der Waals surface area contributed by atoms with Crippen LogP contribution < -0.4 is 5.73 Å². The van der Waals surface area contributed by atoms with Crippen LogP contribution in [0.25, 0.3) is 0 Å². The Morgan fingerprint density at radius 1 is 1.10 bits per heavy atom. The fourth-order valence-corrected chi connectivity index (χ4v) is 4.74. The third-order valence-electron chi connectivity index (χ3n) is 6.16. The summed E-state index contributed by atoms with van der Waals surface area (Å²) >= 11 is 0. The molecule has 20 heavy (non-hydrogen) atoms. The van der Waals surface area contributed by atoms with Gasteiger partial charge in [-0.3, -0.25) is 4.90 Å². The first kappa shape index (κ1) is 16.3. The van der Waals surface area contributed by atoms with Gasteiger partial charge in [-0.25, -0.2) is 0 Å². The second kappa shape index (κ2) is 6.33. The number of hydrogen-bond donors (Lipinski definition) is 1. The molecule has 2 atom stereocenters. The quantitative estimate of drug-likeness (QED) is 0.863. The lowest BCUT2D eigenvalue weighted by molar-refractivity contribution is -0.0667. The summed E-state index contributed by atoms with van der Waals surface area (Å²) < 4.78 is 0. The van der Waals surface area contributed by atoms with Crippen LogP contribution in [0.5, 0.6) is 0 Å². The van der Waals surface area contributed by atoms with Crippen LogP contribution in [0.15, 0.2) is 0 Å². The minimum Gasteiger partial charge on any atom is -0.329 e. The number of likely N-dealkylation sites (N-methyl/N-ethyl adjacent to an activating group) is 1. The Bertz CT molecular complexity index is 315. The topological polar surface area (TPSA) is 32.5 Å². The van der Waals surface area contributed by atoms with Crippen molar-refractivity contribution >= 4 is 0 Å². The normalized spacial score (nSPS) is 36.8. The lowest BCUT2D eigenvalue weighted by Crippen LogP contribution is -2.66. The fourth-order valence-electron chi connectivity index (χ4n) is 4.74. The van der Waals surface area contributed by atoms with E-state index in [1.165, 1.54) is 58.2 Å². The van der Waals surface area contributed by atoms with Gasteiger partial charge in [0.15, 0.2) is 0 Å². The molecule has 0 amide bonds. The summed E-state index contributed by atoms with van der Waals surface area (Å²) in [5.41, 5.74) is 6.95. The zero-order valence-electron chi connectivity index (χ0n) is 14.1. The van der Waals surface area contributed by atoms with E-state index in [1.807, 2.05) is 0 Å². The third kappa shape index (κ3) is 2.77. The smallest absolute Gasteiger partial charge is 0.0386 e. The molecule has 0 radical (unpaired) electrons. The molecule has 2 unspecified atom stereocenters. The van der Waals surface area contributed by atoms with E-state index in [9.17, 15) is 0 Å². The number of nitrogens with two attached hydrogens (primary N) is 1. The van der Waals surface area contributed by atoms with Crippen molar-refractivity contribution in [2.45, 2.75) is 70.9 Å². The average molecular weight is 281 g/mol. The highest BCUT2D eigenvalue weighted by atomic mass is 15.3. The van der Waals surface area contributed by atoms with E-state index >= 15 is 0 Å². The monoisotopic (exact) mass is 281 g/mol. The maximum absolute atomic E-state index is 6.39. The van der Waals surface area contributed by atoms with E-state index in [0.29, 0.717) is 11.5 Å². The molecule has 0 aromatic rings. The first-order valence-electron chi connectivity index (χ1n) is 8.62. The van der Waals surface area contributed by atoms with Gasteiger partial charge >= 0.3 is 0 Å². The summed E-state index contributed by atoms with van der Waals surface area (Å²) in [6.07, 6.45) is 7.86. The highest BCUT2D eigenvalue weighted by molar-refractivity contribution is 5.07. The minimum absolute atomic E-state index is 0.219. The van der Waals surface area contributed by atoms with Gasteiger partial charge in [-0.2, -0.15) is 0 Å². The van der Waals surface area contributed by atoms with Gasteiger partial charge in [0, 0.05) is 31.2 Å². The van der Waals surface area contributed by atoms with Crippen molar-refractivity contribution in [3.05, 3.63) is 0 Å². The van der Waals surface area contributed by atoms with Crippen LogP contribution in [0.3, 0.4) is 0 Å². The minimum atomic E-state index is 0.219. The van der Waals surface area contributed by atoms with Crippen LogP contribution >= 0.6 is 0 Å². The van der Waals surface area contributed by atoms with Crippen LogP contribution in [0, 0.1) is 5.41 Å². The molecule has 0 aromatic carbocycles. The lowest BCUT2D eigenvalue weighted by Gasteiger charge is -2.58. The molecule has 3 nitrogen and oxygen atoms in total. The van der Waals surface area contributed by atoms with Crippen molar-refractivity contribution in [3.63, 3.8) is 0 Å². The highest BCUT2D eigenvalue weighted by Gasteiger charge is 2.51. The summed E-state index contributed by atoms with van der Waals surface area (Å²) in [6.45, 7) is 11.7. The third-order valence-corrected chi connectivity index (χ3v) is 6.16. The van der Waals surface area contributed by atoms with Gasteiger partial charge < -0.3 is 10.6 Å². The molecule has 0 bridgehead atoms. The fraction of sp³-hybridized carbons (Fsp3) is 1.00. The lowest BCUT2D eigenvalue weighted by atomic mass is 9.61. The Balaban J connectivity index is 2.32. The molecule has 118 valence electrons. The summed E-state index contributed by atoms with van der Waals surface area (Å²) in [7, 11) is 2.27. The van der Waals surface area contributed by atoms with Gasteiger partial charge in [0.1, 0.15) is 0 Å². The summed E-state index contributed by atoms with van der Waals surface area (Å²) in [6, 6.07) is 0.670. The van der Waals surface area contributed by atoms with Gasteiger partial charge in [-0.1, -0.05) is 33.6 Å². The first-order chi connectivity index (χ1) is 9.47. The van der Waals surface area contributed by atoms with E-state index in [-0.39, 0.29) is 5.54 Å². The molecule has 0 spiro atoms. The van der Waals surface area contributed by atoms with Crippen molar-refractivity contribution in [3.8, 4) is 0 Å². The first-order valence-corrected chi connectivity index (χ1v) is 8.62. The van der Waals surface area contributed by atoms with Crippen LogP contribution in [0.4, 0.5) is 0 Å². The second-order valence-electron chi connectivity index (χ2n) is 7.70. The van der Waals surface area contributed by atoms with Gasteiger partial charge in [0.2, 0.25) is 0 Å². The Morgan fingerprint density at radius 2 is 1.80 bits per heavy atom. The summed E-state index contributed by atoms with van der Waals surface area (Å²) in [5.74, 6) is 0. The van der Waals surface area contributed by atoms with Crippen LogP contribution in [-0.2, 0) is 0 Å². The molecule has 1 aliphatic heterocycles. The van der Waals surface area contributed by atoms with Crippen LogP contribution in [0.2, 0.25) is 0 Å². The molecule has 1 aliphatic carbocycles. The average Bonchev–Trinajstić information content (AvgIpc) is 2.60. The highest BCUT2D eigenvalue weighted by Crippen LogP contribution is 2.48. The number of hydrogen-bond acceptors (Lipinski definition) is 3. The van der Waals surface area contributed by atoms with Gasteiger partial charge in [-0.05, 0) is 44.7 Å². The summed E-state index contributed by atoms with van der Waals surface area (Å²) in [5, 5.41) is 0. The van der Waals surface area contributed by atoms with Crippen molar-refractivity contribution in [1.29, 1.82) is 0 Å². The molecular weight excluding hydrogens is 246 g/mol. The van der Waals surface area contributed by atoms with Gasteiger partial charge in [-0.15, -0.1) is 0 Å². The van der Waals surface area contributed by atoms with E-state index in [4.69, 9.17) is 5.73 Å². The predicted molar refractivity (Wildman–Crippen MR) is 86.9 cm³/mol. The Kier molecular flexibility index (Phi) is 5.14. The summed E-state index contributed by atoms with van der Waals surface area (Å²) in [4.78, 5) is 5.34. The van der Waals surface area contributed by atoms with E-state index in [0.717, 1.165) is 6.54 Å². The second-order valence-corrected chi connectivity index (χ2v) is 7.70. The molecular formula is C17H35N3. The van der Waals surface area contributed by atoms with Crippen molar-refractivity contribution < 1.29 is 0 Å². The molecule has 2 aliphatic rings. The Morgan fingerprint density at radius 3 is 2.40 bits per heavy atom. The molecule has 0 aromatic heterocycles. The zero-order chi connectivity index (χ0) is 14.8. The van der Waals surface area contributed by atoms with Crippen molar-refractivity contribution in [1.82, 2.24) is 9.80 Å². The number of nitrogens with zero attached hydrogens (tertiary/aromatic N) is 2. The number of rotatable bonds is 3.